The van der Waals surface area contributed by atoms with Crippen LogP contribution in [0.15, 0.2) is 140 Å². The monoisotopic (exact) mass is 647 g/mol. The lowest BCUT2D eigenvalue weighted by Crippen LogP contribution is -2.14. The van der Waals surface area contributed by atoms with Crippen LogP contribution in [0.2, 0.25) is 0 Å². The summed E-state index contributed by atoms with van der Waals surface area (Å²) in [4.78, 5) is 0. The molecule has 1 aliphatic carbocycles. The van der Waals surface area contributed by atoms with E-state index in [2.05, 4.69) is 158 Å². The SMILES string of the molecule is CC1(C)c2ccccc2-c2cc3c4ccccc4n(-c4ccc5sc6cc(-c7cccc8sc9ccccc9c78)ccc6c5c4)c3cc21. The Balaban J connectivity index is 1.11. The van der Waals surface area contributed by atoms with Crippen molar-refractivity contribution in [3.05, 3.63) is 151 Å². The first kappa shape index (κ1) is 26.8. The highest BCUT2D eigenvalue weighted by Crippen LogP contribution is 2.51. The van der Waals surface area contributed by atoms with Crippen molar-refractivity contribution >= 4 is 84.8 Å². The molecular formula is C45H29NS2. The Labute approximate surface area is 285 Å². The van der Waals surface area contributed by atoms with E-state index in [-0.39, 0.29) is 5.41 Å². The summed E-state index contributed by atoms with van der Waals surface area (Å²) in [7, 11) is 0. The van der Waals surface area contributed by atoms with Crippen molar-refractivity contribution < 1.29 is 0 Å². The predicted octanol–water partition coefficient (Wildman–Crippen LogP) is 13.5. The minimum atomic E-state index is -0.0493. The zero-order valence-corrected chi connectivity index (χ0v) is 28.2. The van der Waals surface area contributed by atoms with E-state index in [1.54, 1.807) is 0 Å². The van der Waals surface area contributed by atoms with Crippen LogP contribution >= 0.6 is 22.7 Å². The Bertz CT molecular complexity index is 2980. The average Bonchev–Trinajstić information content (AvgIpc) is 3.84. The van der Waals surface area contributed by atoms with Crippen molar-refractivity contribution in [2.45, 2.75) is 19.3 Å². The van der Waals surface area contributed by atoms with Gasteiger partial charge in [0.15, 0.2) is 0 Å². The lowest BCUT2D eigenvalue weighted by Gasteiger charge is -2.21. The zero-order valence-electron chi connectivity index (χ0n) is 26.5. The van der Waals surface area contributed by atoms with Crippen molar-refractivity contribution in [2.24, 2.45) is 0 Å². The van der Waals surface area contributed by atoms with Crippen LogP contribution in [0.25, 0.3) is 90.1 Å². The lowest BCUT2D eigenvalue weighted by atomic mass is 9.82. The van der Waals surface area contributed by atoms with Crippen LogP contribution < -0.4 is 0 Å². The second-order valence-corrected chi connectivity index (χ2v) is 15.9. The molecule has 0 unspecified atom stereocenters. The summed E-state index contributed by atoms with van der Waals surface area (Å²) < 4.78 is 7.83. The number of aromatic nitrogens is 1. The smallest absolute Gasteiger partial charge is 0.0544 e. The molecular weight excluding hydrogens is 619 g/mol. The Kier molecular flexibility index (Phi) is 5.27. The number of hydrogen-bond acceptors (Lipinski definition) is 2. The molecule has 3 heterocycles. The van der Waals surface area contributed by atoms with Crippen molar-refractivity contribution in [2.75, 3.05) is 0 Å². The summed E-state index contributed by atoms with van der Waals surface area (Å²) in [5, 5.41) is 7.96. The molecule has 0 saturated carbocycles. The Morgan fingerprint density at radius 1 is 0.438 bits per heavy atom. The minimum absolute atomic E-state index is 0.0493. The maximum absolute atomic E-state index is 2.49. The first-order chi connectivity index (χ1) is 23.5. The van der Waals surface area contributed by atoms with Crippen molar-refractivity contribution in [1.82, 2.24) is 4.57 Å². The molecule has 0 spiro atoms. The maximum atomic E-state index is 2.49. The molecule has 48 heavy (non-hydrogen) atoms. The normalized spacial score (nSPS) is 13.8. The Morgan fingerprint density at radius 3 is 2.12 bits per heavy atom. The van der Waals surface area contributed by atoms with E-state index in [1.807, 2.05) is 22.7 Å². The van der Waals surface area contributed by atoms with Gasteiger partial charge in [-0.2, -0.15) is 0 Å². The molecule has 0 fully saturated rings. The van der Waals surface area contributed by atoms with Crippen LogP contribution in [0.5, 0.6) is 0 Å². The van der Waals surface area contributed by atoms with Gasteiger partial charge in [0, 0.05) is 62.2 Å². The average molecular weight is 648 g/mol. The molecule has 0 radical (unpaired) electrons. The van der Waals surface area contributed by atoms with Gasteiger partial charge in [-0.15, -0.1) is 22.7 Å². The number of nitrogens with zero attached hydrogens (tertiary/aromatic N) is 1. The van der Waals surface area contributed by atoms with E-state index >= 15 is 0 Å². The fourth-order valence-corrected chi connectivity index (χ4v) is 10.8. The van der Waals surface area contributed by atoms with E-state index in [0.29, 0.717) is 0 Å². The van der Waals surface area contributed by atoms with Gasteiger partial charge < -0.3 is 4.57 Å². The zero-order chi connectivity index (χ0) is 31.7. The van der Waals surface area contributed by atoms with Crippen LogP contribution in [-0.4, -0.2) is 4.57 Å². The molecule has 1 nitrogen and oxygen atoms in total. The largest absolute Gasteiger partial charge is 0.309 e. The van der Waals surface area contributed by atoms with Crippen LogP contribution in [0, 0.1) is 0 Å². The van der Waals surface area contributed by atoms with E-state index in [0.717, 1.165) is 0 Å². The van der Waals surface area contributed by atoms with Crippen molar-refractivity contribution in [3.63, 3.8) is 0 Å². The molecule has 3 aromatic heterocycles. The van der Waals surface area contributed by atoms with Gasteiger partial charge in [-0.05, 0) is 88.0 Å². The van der Waals surface area contributed by atoms with Crippen LogP contribution in [0.4, 0.5) is 0 Å². The topological polar surface area (TPSA) is 4.93 Å². The first-order valence-electron chi connectivity index (χ1n) is 16.6. The minimum Gasteiger partial charge on any atom is -0.309 e. The number of benzene rings is 7. The van der Waals surface area contributed by atoms with Crippen molar-refractivity contribution in [1.29, 1.82) is 0 Å². The maximum Gasteiger partial charge on any atom is 0.0544 e. The van der Waals surface area contributed by atoms with E-state index in [9.17, 15) is 0 Å². The highest BCUT2D eigenvalue weighted by molar-refractivity contribution is 7.26. The van der Waals surface area contributed by atoms with Crippen LogP contribution in [-0.2, 0) is 5.41 Å². The van der Waals surface area contributed by atoms with Gasteiger partial charge in [0.2, 0.25) is 0 Å². The number of rotatable bonds is 2. The second-order valence-electron chi connectivity index (χ2n) is 13.7. The first-order valence-corrected chi connectivity index (χ1v) is 18.2. The molecule has 0 atom stereocenters. The molecule has 7 aromatic carbocycles. The molecule has 0 saturated heterocycles. The van der Waals surface area contributed by atoms with Gasteiger partial charge in [-0.1, -0.05) is 98.8 Å². The lowest BCUT2D eigenvalue weighted by molar-refractivity contribution is 0.661. The quantitative estimate of drug-likeness (QED) is 0.176. The van der Waals surface area contributed by atoms with Crippen LogP contribution in [0.3, 0.4) is 0 Å². The molecule has 11 rings (SSSR count). The third-order valence-electron chi connectivity index (χ3n) is 10.8. The molecule has 3 heteroatoms. The van der Waals surface area contributed by atoms with Crippen LogP contribution in [0.1, 0.15) is 25.0 Å². The fraction of sp³-hybridized carbons (Fsp3) is 0.0667. The summed E-state index contributed by atoms with van der Waals surface area (Å²) in [6.07, 6.45) is 0. The van der Waals surface area contributed by atoms with Gasteiger partial charge in [-0.3, -0.25) is 0 Å². The summed E-state index contributed by atoms with van der Waals surface area (Å²) in [5.74, 6) is 0. The second kappa shape index (κ2) is 9.44. The predicted molar refractivity (Wildman–Crippen MR) is 210 cm³/mol. The van der Waals surface area contributed by atoms with E-state index in [4.69, 9.17) is 0 Å². The Morgan fingerprint density at radius 2 is 1.19 bits per heavy atom. The van der Waals surface area contributed by atoms with Gasteiger partial charge >= 0.3 is 0 Å². The summed E-state index contributed by atoms with van der Waals surface area (Å²) in [5.41, 5.74) is 11.8. The van der Waals surface area contributed by atoms with Gasteiger partial charge in [0.25, 0.3) is 0 Å². The number of thiophene rings is 2. The molecule has 1 aliphatic rings. The number of para-hydroxylation sites is 1. The Hall–Kier alpha value is -5.22. The summed E-state index contributed by atoms with van der Waals surface area (Å²) >= 11 is 3.78. The van der Waals surface area contributed by atoms with E-state index < -0.39 is 0 Å². The molecule has 0 aliphatic heterocycles. The molecule has 0 amide bonds. The third-order valence-corrected chi connectivity index (χ3v) is 13.1. The highest BCUT2D eigenvalue weighted by Gasteiger charge is 2.36. The molecule has 0 bridgehead atoms. The molecule has 10 aromatic rings. The molecule has 0 N–H and O–H groups in total. The van der Waals surface area contributed by atoms with Gasteiger partial charge in [0.1, 0.15) is 0 Å². The third kappa shape index (κ3) is 3.50. The number of fused-ring (bicyclic) bond motifs is 12. The van der Waals surface area contributed by atoms with Gasteiger partial charge in [0.05, 0.1) is 11.0 Å². The summed E-state index contributed by atoms with van der Waals surface area (Å²) in [6, 6.07) is 52.4. The number of hydrogen-bond donors (Lipinski definition) is 0. The van der Waals surface area contributed by atoms with E-state index in [1.165, 1.54) is 101 Å². The van der Waals surface area contributed by atoms with Crippen molar-refractivity contribution in [3.8, 4) is 27.9 Å². The standard InChI is InChI=1S/C45H29NS2/c1-45(2)36-14-6-3-10-29(36)33-24-34-30-11-4-7-15-38(30)46(39(34)25-37(33)45)27-19-21-41-35(23-27)31-20-18-26(22-43(31)48-41)28-13-9-17-42-44(28)32-12-5-8-16-40(32)47-42/h3-25H,1-2H3. The fourth-order valence-electron chi connectivity index (χ4n) is 8.53. The molecule has 226 valence electrons. The highest BCUT2D eigenvalue weighted by atomic mass is 32.1. The van der Waals surface area contributed by atoms with Gasteiger partial charge in [-0.25, -0.2) is 0 Å². The summed E-state index contributed by atoms with van der Waals surface area (Å²) in [6.45, 7) is 4.74.